The van der Waals surface area contributed by atoms with Gasteiger partial charge in [0.15, 0.2) is 0 Å². The SMILES string of the molecule is O=C(O)C(Cc1cncc(Br)c1)C1CCCC1. The topological polar surface area (TPSA) is 50.2 Å². The average molecular weight is 298 g/mol. The Morgan fingerprint density at radius 2 is 2.18 bits per heavy atom. The molecule has 1 unspecified atom stereocenters. The smallest absolute Gasteiger partial charge is 0.307 e. The van der Waals surface area contributed by atoms with Gasteiger partial charge >= 0.3 is 5.97 Å². The lowest BCUT2D eigenvalue weighted by molar-refractivity contribution is -0.143. The van der Waals surface area contributed by atoms with Crippen LogP contribution in [0.15, 0.2) is 22.9 Å². The van der Waals surface area contributed by atoms with Crippen LogP contribution in [-0.2, 0) is 11.2 Å². The molecule has 0 spiro atoms. The summed E-state index contributed by atoms with van der Waals surface area (Å²) in [4.78, 5) is 15.4. The Morgan fingerprint density at radius 3 is 2.76 bits per heavy atom. The zero-order valence-electron chi connectivity index (χ0n) is 9.60. The van der Waals surface area contributed by atoms with Crippen molar-refractivity contribution in [2.75, 3.05) is 0 Å². The van der Waals surface area contributed by atoms with Gasteiger partial charge in [-0.2, -0.15) is 0 Å². The molecule has 1 aliphatic carbocycles. The quantitative estimate of drug-likeness (QED) is 0.928. The fourth-order valence-electron chi connectivity index (χ4n) is 2.64. The molecule has 1 N–H and O–H groups in total. The first-order valence-corrected chi connectivity index (χ1v) is 6.78. The van der Waals surface area contributed by atoms with E-state index in [2.05, 4.69) is 20.9 Å². The van der Waals surface area contributed by atoms with Crippen LogP contribution in [-0.4, -0.2) is 16.1 Å². The summed E-state index contributed by atoms with van der Waals surface area (Å²) in [5.41, 5.74) is 0.999. The van der Waals surface area contributed by atoms with Crippen molar-refractivity contribution in [3.8, 4) is 0 Å². The minimum absolute atomic E-state index is 0.256. The lowest BCUT2D eigenvalue weighted by Gasteiger charge is -2.19. The first-order valence-electron chi connectivity index (χ1n) is 5.99. The monoisotopic (exact) mass is 297 g/mol. The Bertz CT molecular complexity index is 402. The maximum atomic E-state index is 11.3. The van der Waals surface area contributed by atoms with Crippen molar-refractivity contribution in [3.63, 3.8) is 0 Å². The van der Waals surface area contributed by atoms with E-state index in [0.717, 1.165) is 22.9 Å². The van der Waals surface area contributed by atoms with Crippen LogP contribution < -0.4 is 0 Å². The molecule has 1 saturated carbocycles. The molecule has 1 aliphatic rings. The highest BCUT2D eigenvalue weighted by Crippen LogP contribution is 2.33. The molecule has 17 heavy (non-hydrogen) atoms. The van der Waals surface area contributed by atoms with E-state index in [9.17, 15) is 9.90 Å². The number of carboxylic acid groups (broad SMARTS) is 1. The summed E-state index contributed by atoms with van der Waals surface area (Å²) in [6, 6.07) is 1.96. The Hall–Kier alpha value is -0.900. The first-order chi connectivity index (χ1) is 8.16. The number of hydrogen-bond acceptors (Lipinski definition) is 2. The summed E-state index contributed by atoms with van der Waals surface area (Å²) in [7, 11) is 0. The highest BCUT2D eigenvalue weighted by atomic mass is 79.9. The van der Waals surface area contributed by atoms with Crippen LogP contribution in [0.1, 0.15) is 31.2 Å². The summed E-state index contributed by atoms with van der Waals surface area (Å²) >= 11 is 3.36. The van der Waals surface area contributed by atoms with Gasteiger partial charge in [-0.3, -0.25) is 9.78 Å². The molecular formula is C13H16BrNO2. The first kappa shape index (κ1) is 12.6. The van der Waals surface area contributed by atoms with E-state index >= 15 is 0 Å². The van der Waals surface area contributed by atoms with Crippen molar-refractivity contribution in [2.24, 2.45) is 11.8 Å². The molecule has 1 atom stereocenters. The van der Waals surface area contributed by atoms with Crippen LogP contribution in [0.4, 0.5) is 0 Å². The van der Waals surface area contributed by atoms with Crippen LogP contribution in [0.3, 0.4) is 0 Å². The van der Waals surface area contributed by atoms with Gasteiger partial charge in [0.2, 0.25) is 0 Å². The summed E-state index contributed by atoms with van der Waals surface area (Å²) in [6.07, 6.45) is 8.52. The van der Waals surface area contributed by atoms with E-state index in [4.69, 9.17) is 0 Å². The summed E-state index contributed by atoms with van der Waals surface area (Å²) in [6.45, 7) is 0. The summed E-state index contributed by atoms with van der Waals surface area (Å²) in [5, 5.41) is 9.33. The normalized spacial score (nSPS) is 18.2. The number of hydrogen-bond donors (Lipinski definition) is 1. The van der Waals surface area contributed by atoms with Crippen LogP contribution in [0, 0.1) is 11.8 Å². The van der Waals surface area contributed by atoms with Crippen molar-refractivity contribution in [1.29, 1.82) is 0 Å². The molecule has 3 nitrogen and oxygen atoms in total. The van der Waals surface area contributed by atoms with Gasteiger partial charge in [0, 0.05) is 16.9 Å². The van der Waals surface area contributed by atoms with Crippen molar-refractivity contribution in [2.45, 2.75) is 32.1 Å². The number of rotatable bonds is 4. The predicted molar refractivity (Wildman–Crippen MR) is 68.7 cm³/mol. The van der Waals surface area contributed by atoms with Gasteiger partial charge < -0.3 is 5.11 Å². The molecule has 1 heterocycles. The Kier molecular flexibility index (Phi) is 4.15. The maximum absolute atomic E-state index is 11.3. The molecule has 2 rings (SSSR count). The van der Waals surface area contributed by atoms with Crippen LogP contribution in [0.25, 0.3) is 0 Å². The molecule has 4 heteroatoms. The third-order valence-electron chi connectivity index (χ3n) is 3.50. The molecule has 1 aromatic heterocycles. The molecule has 0 amide bonds. The lowest BCUT2D eigenvalue weighted by Crippen LogP contribution is -2.24. The lowest BCUT2D eigenvalue weighted by atomic mass is 9.86. The van der Waals surface area contributed by atoms with E-state index in [0.29, 0.717) is 12.3 Å². The number of aromatic nitrogens is 1. The number of nitrogens with zero attached hydrogens (tertiary/aromatic N) is 1. The van der Waals surface area contributed by atoms with Crippen molar-refractivity contribution >= 4 is 21.9 Å². The molecular weight excluding hydrogens is 282 g/mol. The number of pyridine rings is 1. The maximum Gasteiger partial charge on any atom is 0.307 e. The fourth-order valence-corrected chi connectivity index (χ4v) is 3.05. The predicted octanol–water partition coefficient (Wildman–Crippen LogP) is 3.28. The Balaban J connectivity index is 2.09. The number of aliphatic carboxylic acids is 1. The molecule has 0 bridgehead atoms. The summed E-state index contributed by atoms with van der Waals surface area (Å²) < 4.78 is 0.908. The minimum atomic E-state index is -0.670. The second kappa shape index (κ2) is 5.63. The third kappa shape index (κ3) is 3.28. The average Bonchev–Trinajstić information content (AvgIpc) is 2.78. The largest absolute Gasteiger partial charge is 0.481 e. The fraction of sp³-hybridized carbons (Fsp3) is 0.538. The van der Waals surface area contributed by atoms with E-state index in [-0.39, 0.29) is 5.92 Å². The molecule has 1 fully saturated rings. The third-order valence-corrected chi connectivity index (χ3v) is 3.94. The number of carbonyl (C=O) groups is 1. The van der Waals surface area contributed by atoms with Crippen LogP contribution in [0.2, 0.25) is 0 Å². The molecule has 1 aromatic rings. The highest BCUT2D eigenvalue weighted by Gasteiger charge is 2.30. The van der Waals surface area contributed by atoms with Gasteiger partial charge in [0.1, 0.15) is 0 Å². The van der Waals surface area contributed by atoms with Crippen molar-refractivity contribution in [3.05, 3.63) is 28.5 Å². The van der Waals surface area contributed by atoms with Gasteiger partial charge in [-0.25, -0.2) is 0 Å². The standard InChI is InChI=1S/C13H16BrNO2/c14-11-5-9(7-15-8-11)6-12(13(16)17)10-3-1-2-4-10/h5,7-8,10,12H,1-4,6H2,(H,16,17). The van der Waals surface area contributed by atoms with Crippen molar-refractivity contribution in [1.82, 2.24) is 4.98 Å². The number of halogens is 1. The highest BCUT2D eigenvalue weighted by molar-refractivity contribution is 9.10. The summed E-state index contributed by atoms with van der Waals surface area (Å²) in [5.74, 6) is -0.586. The molecule has 0 aliphatic heterocycles. The van der Waals surface area contributed by atoms with E-state index in [1.165, 1.54) is 12.8 Å². The zero-order chi connectivity index (χ0) is 12.3. The number of carboxylic acids is 1. The van der Waals surface area contributed by atoms with Crippen molar-refractivity contribution < 1.29 is 9.90 Å². The Morgan fingerprint density at radius 1 is 1.47 bits per heavy atom. The van der Waals surface area contributed by atoms with E-state index in [1.54, 1.807) is 12.4 Å². The van der Waals surface area contributed by atoms with Gasteiger partial charge in [0.25, 0.3) is 0 Å². The molecule has 0 aromatic carbocycles. The minimum Gasteiger partial charge on any atom is -0.481 e. The van der Waals surface area contributed by atoms with Gasteiger partial charge in [-0.1, -0.05) is 12.8 Å². The zero-order valence-corrected chi connectivity index (χ0v) is 11.2. The van der Waals surface area contributed by atoms with E-state index < -0.39 is 5.97 Å². The molecule has 0 radical (unpaired) electrons. The van der Waals surface area contributed by atoms with E-state index in [1.807, 2.05) is 6.07 Å². The van der Waals surface area contributed by atoms with Crippen LogP contribution >= 0.6 is 15.9 Å². The second-order valence-corrected chi connectivity index (χ2v) is 5.62. The van der Waals surface area contributed by atoms with Crippen LogP contribution in [0.5, 0.6) is 0 Å². The Labute approximate surface area is 109 Å². The van der Waals surface area contributed by atoms with Gasteiger partial charge in [-0.05, 0) is 52.7 Å². The second-order valence-electron chi connectivity index (χ2n) is 4.70. The molecule has 92 valence electrons. The van der Waals surface area contributed by atoms with Gasteiger partial charge in [0.05, 0.1) is 5.92 Å². The molecule has 0 saturated heterocycles. The van der Waals surface area contributed by atoms with Gasteiger partial charge in [-0.15, -0.1) is 0 Å².